The molecular weight excluding hydrogens is 374 g/mol. The maximum atomic E-state index is 4.92. The predicted molar refractivity (Wildman–Crippen MR) is 136 cm³/mol. The number of benzene rings is 2. The van der Waals surface area contributed by atoms with E-state index < -0.39 is 0 Å². The third-order valence-corrected chi connectivity index (χ3v) is 4.47. The minimum Gasteiger partial charge on any atom is -0.377 e. The largest absolute Gasteiger partial charge is 0.377 e. The molecule has 0 bridgehead atoms. The number of rotatable bonds is 4. The van der Waals surface area contributed by atoms with Gasteiger partial charge in [-0.2, -0.15) is 5.10 Å². The molecule has 0 amide bonds. The molecule has 4 heteroatoms. The maximum Gasteiger partial charge on any atom is 0.0930 e. The topological polar surface area (TPSA) is 27.6 Å². The van der Waals surface area contributed by atoms with Gasteiger partial charge in [0.15, 0.2) is 0 Å². The molecule has 0 radical (unpaired) electrons. The molecule has 3 nitrogen and oxygen atoms in total. The number of aryl methyl sites for hydroxylation is 4. The SMILES string of the molecule is CC.CCc1cc(/C(C)=N/NC(C)=S)ccc1C.Cc1ccc(C)c(N(C)C)c1. The first kappa shape index (κ1) is 26.8. The second kappa shape index (κ2) is 13.9. The van der Waals surface area contributed by atoms with Crippen LogP contribution in [0.4, 0.5) is 5.69 Å². The van der Waals surface area contributed by atoms with E-state index in [1.54, 1.807) is 0 Å². The minimum absolute atomic E-state index is 0.683. The molecule has 0 aromatic heterocycles. The van der Waals surface area contributed by atoms with Crippen LogP contribution < -0.4 is 10.3 Å². The van der Waals surface area contributed by atoms with Crippen molar-refractivity contribution in [1.29, 1.82) is 0 Å². The van der Waals surface area contributed by atoms with Crippen LogP contribution in [0.15, 0.2) is 41.5 Å². The Hall–Kier alpha value is -2.20. The summed E-state index contributed by atoms with van der Waals surface area (Å²) in [7, 11) is 4.14. The van der Waals surface area contributed by atoms with Crippen molar-refractivity contribution in [1.82, 2.24) is 5.43 Å². The molecule has 0 fully saturated rings. The summed E-state index contributed by atoms with van der Waals surface area (Å²) in [5.74, 6) is 0. The van der Waals surface area contributed by atoms with E-state index in [1.807, 2.05) is 27.7 Å². The molecule has 2 aromatic carbocycles. The lowest BCUT2D eigenvalue weighted by Crippen LogP contribution is -2.13. The first-order valence-corrected chi connectivity index (χ1v) is 10.7. The summed E-state index contributed by atoms with van der Waals surface area (Å²) in [5, 5.41) is 4.22. The monoisotopic (exact) mass is 413 g/mol. The zero-order valence-electron chi connectivity index (χ0n) is 20.0. The third kappa shape index (κ3) is 9.71. The van der Waals surface area contributed by atoms with E-state index in [1.165, 1.54) is 27.9 Å². The Kier molecular flexibility index (Phi) is 12.8. The predicted octanol–water partition coefficient (Wildman–Crippen LogP) is 6.61. The summed E-state index contributed by atoms with van der Waals surface area (Å²) < 4.78 is 0. The number of nitrogens with one attached hydrogen (secondary N) is 1. The summed E-state index contributed by atoms with van der Waals surface area (Å²) in [6.07, 6.45) is 1.05. The van der Waals surface area contributed by atoms with E-state index in [2.05, 4.69) is 93.6 Å². The summed E-state index contributed by atoms with van der Waals surface area (Å²) in [5.41, 5.74) is 11.6. The zero-order valence-corrected chi connectivity index (χ0v) is 20.8. The molecule has 0 atom stereocenters. The van der Waals surface area contributed by atoms with Crippen molar-refractivity contribution in [2.24, 2.45) is 5.10 Å². The fourth-order valence-electron chi connectivity index (χ4n) is 2.71. The number of hydrogen-bond donors (Lipinski definition) is 1. The fraction of sp³-hybridized carbons (Fsp3) is 0.440. The standard InChI is InChI=1S/C13H18N2S.C10H15N.C2H6/c1-5-12-8-13(7-6-9(12)2)10(3)14-15-11(4)16;1-8-5-6-9(2)10(7-8)11(3)4;1-2/h6-8H,5H2,1-4H3,(H,15,16);5-7H,1-4H3;1-2H3/b14-10+;;. The highest BCUT2D eigenvalue weighted by Gasteiger charge is 2.01. The van der Waals surface area contributed by atoms with Gasteiger partial charge in [0.1, 0.15) is 0 Å². The molecule has 2 aromatic rings. The lowest BCUT2D eigenvalue weighted by molar-refractivity contribution is 1.03. The Morgan fingerprint density at radius 3 is 2.03 bits per heavy atom. The molecule has 0 spiro atoms. The van der Waals surface area contributed by atoms with Crippen LogP contribution in [0.5, 0.6) is 0 Å². The minimum atomic E-state index is 0.683. The van der Waals surface area contributed by atoms with Crippen LogP contribution in [0.3, 0.4) is 0 Å². The van der Waals surface area contributed by atoms with E-state index in [0.29, 0.717) is 4.99 Å². The van der Waals surface area contributed by atoms with Crippen molar-refractivity contribution in [2.45, 2.75) is 61.8 Å². The normalized spacial score (nSPS) is 10.2. The molecule has 0 unspecified atom stereocenters. The number of anilines is 1. The van der Waals surface area contributed by atoms with Crippen LogP contribution in [0.1, 0.15) is 62.4 Å². The lowest BCUT2D eigenvalue weighted by atomic mass is 10.0. The van der Waals surface area contributed by atoms with E-state index in [4.69, 9.17) is 12.2 Å². The first-order chi connectivity index (χ1) is 13.6. The average molecular weight is 414 g/mol. The first-order valence-electron chi connectivity index (χ1n) is 10.3. The number of thiocarbonyl (C=S) groups is 1. The van der Waals surface area contributed by atoms with Crippen LogP contribution >= 0.6 is 12.2 Å². The number of hydrogen-bond acceptors (Lipinski definition) is 3. The van der Waals surface area contributed by atoms with Crippen LogP contribution in [-0.2, 0) is 6.42 Å². The Balaban J connectivity index is 0.000000526. The molecule has 0 aliphatic heterocycles. The number of hydrazone groups is 1. The van der Waals surface area contributed by atoms with Gasteiger partial charge in [-0.3, -0.25) is 5.43 Å². The average Bonchev–Trinajstić information content (AvgIpc) is 2.70. The Bertz CT molecular complexity index is 808. The highest BCUT2D eigenvalue weighted by molar-refractivity contribution is 7.80. The van der Waals surface area contributed by atoms with E-state index in [-0.39, 0.29) is 0 Å². The second-order valence-electron chi connectivity index (χ2n) is 7.04. The Labute approximate surface area is 184 Å². The van der Waals surface area contributed by atoms with Crippen molar-refractivity contribution in [3.8, 4) is 0 Å². The third-order valence-electron chi connectivity index (χ3n) is 4.38. The van der Waals surface area contributed by atoms with Gasteiger partial charge in [0.25, 0.3) is 0 Å². The van der Waals surface area contributed by atoms with Crippen molar-refractivity contribution in [3.63, 3.8) is 0 Å². The molecular formula is C25H39N3S. The van der Waals surface area contributed by atoms with Gasteiger partial charge in [0, 0.05) is 19.8 Å². The summed E-state index contributed by atoms with van der Waals surface area (Å²) in [6, 6.07) is 12.9. The molecule has 1 N–H and O–H groups in total. The van der Waals surface area contributed by atoms with E-state index in [9.17, 15) is 0 Å². The smallest absolute Gasteiger partial charge is 0.0930 e. The zero-order chi connectivity index (χ0) is 22.6. The van der Waals surface area contributed by atoms with Crippen molar-refractivity contribution >= 4 is 28.6 Å². The second-order valence-corrected chi connectivity index (χ2v) is 7.66. The van der Waals surface area contributed by atoms with Gasteiger partial charge in [0.05, 0.1) is 10.7 Å². The highest BCUT2D eigenvalue weighted by atomic mass is 32.1. The van der Waals surface area contributed by atoms with Crippen molar-refractivity contribution in [3.05, 3.63) is 64.2 Å². The van der Waals surface area contributed by atoms with Crippen LogP contribution in [-0.4, -0.2) is 24.8 Å². The lowest BCUT2D eigenvalue weighted by Gasteiger charge is -2.15. The van der Waals surface area contributed by atoms with E-state index >= 15 is 0 Å². The molecule has 160 valence electrons. The quantitative estimate of drug-likeness (QED) is 0.347. The Morgan fingerprint density at radius 2 is 1.55 bits per heavy atom. The van der Waals surface area contributed by atoms with Crippen molar-refractivity contribution in [2.75, 3.05) is 19.0 Å². The maximum absolute atomic E-state index is 4.92. The summed E-state index contributed by atoms with van der Waals surface area (Å²) in [6.45, 7) is 16.3. The molecule has 0 saturated carbocycles. The van der Waals surface area contributed by atoms with Gasteiger partial charge in [-0.25, -0.2) is 0 Å². The van der Waals surface area contributed by atoms with Gasteiger partial charge < -0.3 is 4.90 Å². The molecule has 0 saturated heterocycles. The molecule has 29 heavy (non-hydrogen) atoms. The summed E-state index contributed by atoms with van der Waals surface area (Å²) in [4.78, 5) is 2.82. The molecule has 0 aliphatic carbocycles. The van der Waals surface area contributed by atoms with Gasteiger partial charge in [-0.15, -0.1) is 0 Å². The van der Waals surface area contributed by atoms with E-state index in [0.717, 1.165) is 17.7 Å². The molecule has 0 aliphatic rings. The van der Waals surface area contributed by atoms with Crippen LogP contribution in [0.2, 0.25) is 0 Å². The van der Waals surface area contributed by atoms with Gasteiger partial charge in [0.2, 0.25) is 0 Å². The Morgan fingerprint density at radius 1 is 0.966 bits per heavy atom. The van der Waals surface area contributed by atoms with Crippen LogP contribution in [0.25, 0.3) is 0 Å². The molecule has 0 heterocycles. The summed E-state index contributed by atoms with van der Waals surface area (Å²) >= 11 is 4.92. The highest BCUT2D eigenvalue weighted by Crippen LogP contribution is 2.18. The van der Waals surface area contributed by atoms with Gasteiger partial charge in [-0.1, -0.05) is 57.3 Å². The van der Waals surface area contributed by atoms with Gasteiger partial charge >= 0.3 is 0 Å². The fourth-order valence-corrected chi connectivity index (χ4v) is 2.75. The van der Waals surface area contributed by atoms with Crippen LogP contribution in [0, 0.1) is 20.8 Å². The van der Waals surface area contributed by atoms with Crippen molar-refractivity contribution < 1.29 is 0 Å². The molecule has 2 rings (SSSR count). The number of nitrogens with zero attached hydrogens (tertiary/aromatic N) is 2. The van der Waals surface area contributed by atoms with Gasteiger partial charge in [-0.05, 0) is 81.0 Å².